The summed E-state index contributed by atoms with van der Waals surface area (Å²) >= 11 is 0. The molecule has 0 fully saturated rings. The molecule has 7 nitrogen and oxygen atoms in total. The first-order chi connectivity index (χ1) is 16.6. The van der Waals surface area contributed by atoms with E-state index in [4.69, 9.17) is 13.9 Å². The van der Waals surface area contributed by atoms with Crippen LogP contribution in [0.1, 0.15) is 64.0 Å². The molecule has 2 N–H and O–H groups in total. The average molecular weight is 481 g/mol. The molecule has 188 valence electrons. The van der Waals surface area contributed by atoms with Gasteiger partial charge in [-0.2, -0.15) is 0 Å². The summed E-state index contributed by atoms with van der Waals surface area (Å²) in [6.07, 6.45) is 2.18. The Hall–Kier alpha value is -3.48. The molecule has 0 saturated carbocycles. The predicted octanol–water partition coefficient (Wildman–Crippen LogP) is 5.71. The normalized spacial score (nSPS) is 12.3. The lowest BCUT2D eigenvalue weighted by molar-refractivity contribution is -0.121. The zero-order chi connectivity index (χ0) is 25.4. The van der Waals surface area contributed by atoms with E-state index in [9.17, 15) is 9.59 Å². The lowest BCUT2D eigenvalue weighted by atomic mass is 10.0. The van der Waals surface area contributed by atoms with Gasteiger partial charge in [0, 0.05) is 5.39 Å². The van der Waals surface area contributed by atoms with E-state index in [0.29, 0.717) is 5.76 Å². The molecule has 1 atom stereocenters. The van der Waals surface area contributed by atoms with Crippen LogP contribution < -0.4 is 15.4 Å². The summed E-state index contributed by atoms with van der Waals surface area (Å²) in [6, 6.07) is 16.0. The highest BCUT2D eigenvalue weighted by Gasteiger charge is 2.18. The highest BCUT2D eigenvalue weighted by atomic mass is 16.6. The highest BCUT2D eigenvalue weighted by molar-refractivity contribution is 5.83. The summed E-state index contributed by atoms with van der Waals surface area (Å²) < 4.78 is 16.8. The average Bonchev–Trinajstić information content (AvgIpc) is 3.23. The number of ether oxygens (including phenoxy) is 2. The van der Waals surface area contributed by atoms with Gasteiger partial charge in [-0.05, 0) is 82.3 Å². The molecule has 0 aliphatic heterocycles. The summed E-state index contributed by atoms with van der Waals surface area (Å²) in [7, 11) is 0. The van der Waals surface area contributed by atoms with Crippen molar-refractivity contribution in [2.45, 2.75) is 65.5 Å². The van der Waals surface area contributed by atoms with Crippen molar-refractivity contribution in [1.82, 2.24) is 10.6 Å². The van der Waals surface area contributed by atoms with Gasteiger partial charge < -0.3 is 24.5 Å². The van der Waals surface area contributed by atoms with E-state index in [1.165, 1.54) is 11.1 Å². The molecule has 2 amide bonds. The summed E-state index contributed by atoms with van der Waals surface area (Å²) in [5, 5.41) is 6.28. The number of alkyl carbamates (subject to hydrolysis) is 1. The molecule has 1 unspecified atom stereocenters. The number of hydrogen-bond donors (Lipinski definition) is 2. The Labute approximate surface area is 207 Å². The maximum Gasteiger partial charge on any atom is 0.408 e. The van der Waals surface area contributed by atoms with Crippen molar-refractivity contribution < 1.29 is 23.5 Å². The van der Waals surface area contributed by atoms with E-state index in [1.807, 2.05) is 31.2 Å². The highest BCUT2D eigenvalue weighted by Crippen LogP contribution is 2.25. The Morgan fingerprint density at radius 3 is 2.37 bits per heavy atom. The van der Waals surface area contributed by atoms with Gasteiger partial charge in [0.05, 0.1) is 12.6 Å². The summed E-state index contributed by atoms with van der Waals surface area (Å²) in [5.74, 6) is 1.24. The van der Waals surface area contributed by atoms with Crippen LogP contribution in [-0.4, -0.2) is 30.8 Å². The van der Waals surface area contributed by atoms with Gasteiger partial charge in [-0.3, -0.25) is 4.79 Å². The lowest BCUT2D eigenvalue weighted by Gasteiger charge is -2.19. The van der Waals surface area contributed by atoms with Crippen molar-refractivity contribution in [3.8, 4) is 5.75 Å². The number of nitrogens with one attached hydrogen (secondary N) is 2. The number of amides is 2. The molecule has 3 rings (SSSR count). The van der Waals surface area contributed by atoms with E-state index < -0.39 is 11.7 Å². The van der Waals surface area contributed by atoms with Crippen LogP contribution in [0.5, 0.6) is 5.75 Å². The smallest absolute Gasteiger partial charge is 0.408 e. The number of furan rings is 1. The van der Waals surface area contributed by atoms with Crippen molar-refractivity contribution in [2.24, 2.45) is 0 Å². The van der Waals surface area contributed by atoms with Crippen molar-refractivity contribution in [3.05, 3.63) is 65.4 Å². The number of carbonyl (C=O) groups is 2. The third kappa shape index (κ3) is 8.35. The second-order valence-electron chi connectivity index (χ2n) is 9.66. The monoisotopic (exact) mass is 480 g/mol. The number of rotatable bonds is 10. The minimum Gasteiger partial charge on any atom is -0.494 e. The van der Waals surface area contributed by atoms with Crippen LogP contribution in [0.15, 0.2) is 52.9 Å². The third-order valence-corrected chi connectivity index (χ3v) is 5.30. The van der Waals surface area contributed by atoms with Gasteiger partial charge in [0.15, 0.2) is 0 Å². The molecule has 0 aliphatic rings. The van der Waals surface area contributed by atoms with E-state index >= 15 is 0 Å². The van der Waals surface area contributed by atoms with E-state index in [0.717, 1.165) is 42.6 Å². The molecular formula is C28H36N2O5. The van der Waals surface area contributed by atoms with Crippen LogP contribution in [0.4, 0.5) is 4.79 Å². The Morgan fingerprint density at radius 2 is 1.69 bits per heavy atom. The van der Waals surface area contributed by atoms with Gasteiger partial charge in [0.25, 0.3) is 0 Å². The molecule has 0 spiro atoms. The molecule has 1 heterocycles. The minimum atomic E-state index is -0.627. The molecule has 0 saturated heterocycles. The van der Waals surface area contributed by atoms with Gasteiger partial charge >= 0.3 is 6.09 Å². The molecule has 0 bridgehead atoms. The number of carbonyl (C=O) groups excluding carboxylic acids is 2. The maximum atomic E-state index is 12.2. The predicted molar refractivity (Wildman–Crippen MR) is 137 cm³/mol. The van der Waals surface area contributed by atoms with E-state index in [1.54, 1.807) is 20.8 Å². The SMILES string of the molecule is CCCOc1ccc(CCc2ccc3cc(C(C)NC(=O)CNC(=O)OC(C)(C)C)oc3c2)cc1. The van der Waals surface area contributed by atoms with Crippen molar-refractivity contribution in [3.63, 3.8) is 0 Å². The van der Waals surface area contributed by atoms with Gasteiger partial charge in [0.1, 0.15) is 29.2 Å². The molecule has 1 aromatic heterocycles. The lowest BCUT2D eigenvalue weighted by Crippen LogP contribution is -2.40. The van der Waals surface area contributed by atoms with Crippen LogP contribution in [0.25, 0.3) is 11.0 Å². The molecule has 0 aliphatic carbocycles. The number of hydrogen-bond acceptors (Lipinski definition) is 5. The topological polar surface area (TPSA) is 89.8 Å². The Morgan fingerprint density at radius 1 is 1.00 bits per heavy atom. The number of aryl methyl sites for hydroxylation is 2. The Balaban J connectivity index is 1.53. The zero-order valence-electron chi connectivity index (χ0n) is 21.3. The maximum absolute atomic E-state index is 12.2. The van der Waals surface area contributed by atoms with E-state index in [2.05, 4.69) is 41.8 Å². The molecule has 2 aromatic carbocycles. The molecule has 3 aromatic rings. The standard InChI is InChI=1S/C28H36N2O5/c1-6-15-33-23-13-10-20(11-14-23)7-8-21-9-12-22-17-24(34-25(22)16-21)19(2)30-26(31)18-29-27(32)35-28(3,4)5/h9-14,16-17,19H,6-8,15,18H2,1-5H3,(H,29,32)(H,30,31). The van der Waals surface area contributed by atoms with Gasteiger partial charge in [-0.1, -0.05) is 31.2 Å². The zero-order valence-corrected chi connectivity index (χ0v) is 21.3. The summed E-state index contributed by atoms with van der Waals surface area (Å²) in [6.45, 7) is 9.80. The Kier molecular flexibility index (Phi) is 8.79. The van der Waals surface area contributed by atoms with Gasteiger partial charge in [-0.25, -0.2) is 4.79 Å². The summed E-state index contributed by atoms with van der Waals surface area (Å²) in [4.78, 5) is 24.0. The van der Waals surface area contributed by atoms with Crippen molar-refractivity contribution in [1.29, 1.82) is 0 Å². The fourth-order valence-electron chi connectivity index (χ4n) is 3.56. The third-order valence-electron chi connectivity index (χ3n) is 5.30. The summed E-state index contributed by atoms with van der Waals surface area (Å²) in [5.41, 5.74) is 2.61. The van der Waals surface area contributed by atoms with Crippen LogP contribution in [0.2, 0.25) is 0 Å². The first kappa shape index (κ1) is 26.1. The van der Waals surface area contributed by atoms with Crippen molar-refractivity contribution in [2.75, 3.05) is 13.2 Å². The molecular weight excluding hydrogens is 444 g/mol. The largest absolute Gasteiger partial charge is 0.494 e. The first-order valence-corrected chi connectivity index (χ1v) is 12.1. The number of benzene rings is 2. The Bertz CT molecular complexity index is 1130. The van der Waals surface area contributed by atoms with E-state index in [-0.39, 0.29) is 18.5 Å². The fourth-order valence-corrected chi connectivity index (χ4v) is 3.56. The molecule has 0 radical (unpaired) electrons. The van der Waals surface area contributed by atoms with Crippen LogP contribution in [0.3, 0.4) is 0 Å². The quantitative estimate of drug-likeness (QED) is 0.388. The van der Waals surface area contributed by atoms with Crippen LogP contribution >= 0.6 is 0 Å². The minimum absolute atomic E-state index is 0.171. The van der Waals surface area contributed by atoms with Crippen LogP contribution in [-0.2, 0) is 22.4 Å². The van der Waals surface area contributed by atoms with Crippen LogP contribution in [0, 0.1) is 0 Å². The fraction of sp³-hybridized carbons (Fsp3) is 0.429. The van der Waals surface area contributed by atoms with Gasteiger partial charge in [-0.15, -0.1) is 0 Å². The van der Waals surface area contributed by atoms with Gasteiger partial charge in [0.2, 0.25) is 5.91 Å². The molecule has 35 heavy (non-hydrogen) atoms. The first-order valence-electron chi connectivity index (χ1n) is 12.1. The second-order valence-corrected chi connectivity index (χ2v) is 9.66. The second kappa shape index (κ2) is 11.8. The van der Waals surface area contributed by atoms with Crippen molar-refractivity contribution >= 4 is 23.0 Å². The molecule has 7 heteroatoms. The number of fused-ring (bicyclic) bond motifs is 1.